The minimum atomic E-state index is -0.703. The monoisotopic (exact) mass is 850 g/mol. The summed E-state index contributed by atoms with van der Waals surface area (Å²) in [7, 11) is 2.62. The van der Waals surface area contributed by atoms with Crippen LogP contribution < -0.4 is 10.6 Å². The summed E-state index contributed by atoms with van der Waals surface area (Å²) in [6, 6.07) is 14.7. The molecule has 6 atom stereocenters. The number of carbonyl (C=O) groups excluding carboxylic acids is 4. The van der Waals surface area contributed by atoms with E-state index in [-0.39, 0.29) is 47.8 Å². The Kier molecular flexibility index (Phi) is 13.2. The fraction of sp³-hybridized carbons (Fsp3) is 0.522. The fourth-order valence-corrected chi connectivity index (χ4v) is 9.79. The topological polar surface area (TPSA) is 193 Å². The van der Waals surface area contributed by atoms with Crippen molar-refractivity contribution in [2.75, 3.05) is 40.6 Å². The third-order valence-electron chi connectivity index (χ3n) is 13.3. The summed E-state index contributed by atoms with van der Waals surface area (Å²) in [6.45, 7) is 6.31. The Morgan fingerprint density at radius 2 is 0.935 bits per heavy atom. The van der Waals surface area contributed by atoms with Gasteiger partial charge in [0.25, 0.3) is 0 Å². The summed E-state index contributed by atoms with van der Waals surface area (Å²) in [5, 5.41) is 5.66. The Balaban J connectivity index is 0.931. The number of amides is 4. The lowest BCUT2D eigenvalue weighted by Crippen LogP contribution is -2.54. The van der Waals surface area contributed by atoms with Gasteiger partial charge in [-0.2, -0.15) is 0 Å². The number of imidazole rings is 2. The lowest BCUT2D eigenvalue weighted by Gasteiger charge is -2.36. The first-order valence-electron chi connectivity index (χ1n) is 21.9. The van der Waals surface area contributed by atoms with Gasteiger partial charge in [0.15, 0.2) is 0 Å². The number of nitrogens with zero attached hydrogens (tertiary/aromatic N) is 4. The van der Waals surface area contributed by atoms with E-state index < -0.39 is 24.3 Å². The first kappa shape index (κ1) is 42.9. The quantitative estimate of drug-likeness (QED) is 0.129. The molecule has 4 aromatic rings. The van der Waals surface area contributed by atoms with E-state index in [2.05, 4.69) is 69.1 Å². The Hall–Kier alpha value is -5.74. The second kappa shape index (κ2) is 19.1. The third-order valence-corrected chi connectivity index (χ3v) is 13.3. The number of likely N-dealkylation sites (tertiary alicyclic amines) is 2. The van der Waals surface area contributed by atoms with Crippen LogP contribution in [0.5, 0.6) is 0 Å². The molecule has 16 nitrogen and oxygen atoms in total. The minimum absolute atomic E-state index is 0.0144. The van der Waals surface area contributed by atoms with Crippen LogP contribution in [0.15, 0.2) is 60.9 Å². The van der Waals surface area contributed by atoms with Gasteiger partial charge in [-0.25, -0.2) is 19.6 Å². The molecule has 0 spiro atoms. The van der Waals surface area contributed by atoms with Crippen molar-refractivity contribution in [3.63, 3.8) is 0 Å². The van der Waals surface area contributed by atoms with Crippen molar-refractivity contribution < 1.29 is 38.1 Å². The molecule has 8 rings (SSSR count). The largest absolute Gasteiger partial charge is 0.453 e. The van der Waals surface area contributed by atoms with E-state index in [0.29, 0.717) is 52.1 Å². The normalized spacial score (nSPS) is 23.2. The number of H-pyrrole nitrogens is 2. The van der Waals surface area contributed by atoms with Crippen LogP contribution >= 0.6 is 0 Å². The molecule has 0 bridgehead atoms. The minimum Gasteiger partial charge on any atom is -0.453 e. The summed E-state index contributed by atoms with van der Waals surface area (Å²) in [4.78, 5) is 73.3. The molecule has 4 amide bonds. The van der Waals surface area contributed by atoms with Crippen LogP contribution in [0.25, 0.3) is 33.6 Å². The van der Waals surface area contributed by atoms with Gasteiger partial charge in [0, 0.05) is 38.5 Å². The average Bonchev–Trinajstić information content (AvgIpc) is 4.15. The molecule has 2 aromatic heterocycles. The van der Waals surface area contributed by atoms with E-state index >= 15 is 0 Å². The van der Waals surface area contributed by atoms with E-state index in [1.807, 2.05) is 36.0 Å². The smallest absolute Gasteiger partial charge is 0.407 e. The van der Waals surface area contributed by atoms with Crippen LogP contribution in [0, 0.1) is 11.8 Å². The second-order valence-corrected chi connectivity index (χ2v) is 17.0. The van der Waals surface area contributed by atoms with Gasteiger partial charge in [0.05, 0.1) is 50.1 Å². The maximum Gasteiger partial charge on any atom is 0.407 e. The Labute approximate surface area is 361 Å². The lowest BCUT2D eigenvalue weighted by molar-refractivity contribution is -0.139. The number of rotatable bonds is 11. The van der Waals surface area contributed by atoms with Crippen LogP contribution in [0.4, 0.5) is 9.59 Å². The highest BCUT2D eigenvalue weighted by Gasteiger charge is 2.44. The third kappa shape index (κ3) is 9.07. The number of aromatic amines is 2. The van der Waals surface area contributed by atoms with Gasteiger partial charge in [0.2, 0.25) is 11.8 Å². The first-order chi connectivity index (χ1) is 30.1. The van der Waals surface area contributed by atoms with Crippen LogP contribution in [0.2, 0.25) is 0 Å². The molecule has 2 aromatic carbocycles. The van der Waals surface area contributed by atoms with Gasteiger partial charge < -0.3 is 49.3 Å². The highest BCUT2D eigenvalue weighted by molar-refractivity contribution is 5.87. The second-order valence-electron chi connectivity index (χ2n) is 17.0. The Morgan fingerprint density at radius 3 is 1.29 bits per heavy atom. The number of methoxy groups -OCH3 is 2. The molecule has 6 heterocycles. The molecule has 0 unspecified atom stereocenters. The van der Waals surface area contributed by atoms with Crippen molar-refractivity contribution >= 4 is 24.0 Å². The van der Waals surface area contributed by atoms with E-state index in [1.54, 1.807) is 0 Å². The summed E-state index contributed by atoms with van der Waals surface area (Å²) in [5.41, 5.74) is 5.76. The maximum absolute atomic E-state index is 14.2. The van der Waals surface area contributed by atoms with Gasteiger partial charge in [-0.3, -0.25) is 9.59 Å². The van der Waals surface area contributed by atoms with E-state index in [9.17, 15) is 19.2 Å². The zero-order valence-corrected chi connectivity index (χ0v) is 35.9. The number of carbonyl (C=O) groups is 4. The number of alkyl carbamates (subject to hydrolysis) is 2. The zero-order chi connectivity index (χ0) is 43.3. The van der Waals surface area contributed by atoms with Crippen molar-refractivity contribution in [3.8, 4) is 33.6 Å². The lowest BCUT2D eigenvalue weighted by atomic mass is 9.90. The van der Waals surface area contributed by atoms with Gasteiger partial charge >= 0.3 is 12.2 Å². The summed E-state index contributed by atoms with van der Waals surface area (Å²) >= 11 is 0. The van der Waals surface area contributed by atoms with Crippen molar-refractivity contribution in [2.45, 2.75) is 101 Å². The molecule has 4 aliphatic rings. The summed E-state index contributed by atoms with van der Waals surface area (Å²) < 4.78 is 20.9. The maximum atomic E-state index is 14.2. The van der Waals surface area contributed by atoms with Crippen LogP contribution in [-0.2, 0) is 28.5 Å². The number of ether oxygens (including phenoxy) is 4. The molecule has 4 fully saturated rings. The average molecular weight is 851 g/mol. The molecule has 0 saturated carbocycles. The molecule has 16 heteroatoms. The van der Waals surface area contributed by atoms with Crippen LogP contribution in [-0.4, -0.2) is 119 Å². The summed E-state index contributed by atoms with van der Waals surface area (Å²) in [5.74, 6) is 1.12. The van der Waals surface area contributed by atoms with Gasteiger partial charge in [0.1, 0.15) is 23.7 Å². The highest BCUT2D eigenvalue weighted by atomic mass is 16.5. The molecular formula is C46H58N8O8. The Bertz CT molecular complexity index is 2020. The standard InChI is InChI=1S/C46H58N8O8/c1-27-5-15-37(53(27)43(55)39(51-45(57)59-3)33-17-21-61-22-18-33)41-47-25-35(49-41)31-11-7-29(8-12-31)30-9-13-32(14-10-30)36-26-48-42(50-36)38-16-6-28(2)54(38)44(56)40(52-46(58)60-4)34-19-23-62-24-20-34/h7-14,25-28,33-34,37-40H,5-6,15-24H2,1-4H3,(H,47,49)(H,48,50)(H,51,57)(H,52,58)/t27-,28-,37+,38+,39+,40+/m1/s1. The van der Waals surface area contributed by atoms with E-state index in [0.717, 1.165) is 71.0 Å². The predicted molar refractivity (Wildman–Crippen MR) is 229 cm³/mol. The van der Waals surface area contributed by atoms with Gasteiger partial charge in [-0.05, 0) is 99.3 Å². The number of nitrogens with one attached hydrogen (secondary N) is 4. The zero-order valence-electron chi connectivity index (χ0n) is 35.9. The molecule has 0 radical (unpaired) electrons. The fourth-order valence-electron chi connectivity index (χ4n) is 9.79. The van der Waals surface area contributed by atoms with E-state index in [1.165, 1.54) is 14.2 Å². The van der Waals surface area contributed by atoms with Gasteiger partial charge in [-0.1, -0.05) is 48.5 Å². The molecule has 4 N–H and O–H groups in total. The summed E-state index contributed by atoms with van der Waals surface area (Å²) in [6.07, 6.45) is 8.33. The van der Waals surface area contributed by atoms with Crippen molar-refractivity contribution in [1.29, 1.82) is 0 Å². The predicted octanol–water partition coefficient (Wildman–Crippen LogP) is 6.54. The van der Waals surface area contributed by atoms with Gasteiger partial charge in [-0.15, -0.1) is 0 Å². The molecule has 62 heavy (non-hydrogen) atoms. The SMILES string of the molecule is COC(=O)N[C@H](C(=O)N1[C@H](C)CC[C@H]1c1ncc(-c2ccc(-c3ccc(-c4cnc([C@@H]5CC[C@@H](C)N5C(=O)[C@@H](NC(=O)OC)C5CCOCC5)[nH]4)cc3)cc2)[nH]1)C1CCOCC1. The molecule has 0 aliphatic carbocycles. The molecule has 4 aliphatic heterocycles. The van der Waals surface area contributed by atoms with Crippen LogP contribution in [0.3, 0.4) is 0 Å². The van der Waals surface area contributed by atoms with Crippen molar-refractivity contribution in [2.24, 2.45) is 11.8 Å². The Morgan fingerprint density at radius 1 is 0.581 bits per heavy atom. The van der Waals surface area contributed by atoms with Crippen molar-refractivity contribution in [1.82, 2.24) is 40.4 Å². The van der Waals surface area contributed by atoms with Crippen molar-refractivity contribution in [3.05, 3.63) is 72.6 Å². The molecule has 4 saturated heterocycles. The number of aromatic nitrogens is 4. The number of benzene rings is 2. The highest BCUT2D eigenvalue weighted by Crippen LogP contribution is 2.39. The van der Waals surface area contributed by atoms with E-state index in [4.69, 9.17) is 28.9 Å². The first-order valence-corrected chi connectivity index (χ1v) is 21.9. The molecular weight excluding hydrogens is 793 g/mol. The van der Waals surface area contributed by atoms with Crippen LogP contribution in [0.1, 0.15) is 88.9 Å². The number of hydrogen-bond donors (Lipinski definition) is 4. The molecule has 330 valence electrons. The number of hydrogen-bond acceptors (Lipinski definition) is 10.